The Kier molecular flexibility index (Phi) is 3.66. The van der Waals surface area contributed by atoms with Gasteiger partial charge < -0.3 is 5.73 Å². The van der Waals surface area contributed by atoms with E-state index in [4.69, 9.17) is 5.73 Å². The molecule has 1 heteroatoms. The van der Waals surface area contributed by atoms with E-state index in [-0.39, 0.29) is 5.54 Å². The van der Waals surface area contributed by atoms with E-state index in [2.05, 4.69) is 27.4 Å². The van der Waals surface area contributed by atoms with Gasteiger partial charge in [-0.25, -0.2) is 0 Å². The number of hydrogen-bond acceptors (Lipinski definition) is 1. The highest BCUT2D eigenvalue weighted by Gasteiger charge is 2.08. The normalized spacial score (nSPS) is 11.6. The van der Waals surface area contributed by atoms with Gasteiger partial charge in [-0.1, -0.05) is 5.57 Å². The molecule has 0 aliphatic heterocycles. The zero-order valence-electron chi connectivity index (χ0n) is 7.41. The van der Waals surface area contributed by atoms with Gasteiger partial charge >= 0.3 is 0 Å². The van der Waals surface area contributed by atoms with Crippen LogP contribution in [0.3, 0.4) is 0 Å². The van der Waals surface area contributed by atoms with E-state index >= 15 is 0 Å². The Bertz CT molecular complexity index is 108. The minimum atomic E-state index is -0.00451. The first-order valence-electron chi connectivity index (χ1n) is 3.85. The fraction of sp³-hybridized carbons (Fsp3) is 0.778. The predicted octanol–water partition coefficient (Wildman–Crippen LogP) is 2.47. The summed E-state index contributed by atoms with van der Waals surface area (Å²) in [5.74, 6) is 0. The van der Waals surface area contributed by atoms with Crippen molar-refractivity contribution in [3.63, 3.8) is 0 Å². The molecule has 0 saturated heterocycles. The van der Waals surface area contributed by atoms with E-state index < -0.39 is 0 Å². The molecule has 0 aromatic carbocycles. The minimum absolute atomic E-state index is 0.00451. The molecule has 0 amide bonds. The van der Waals surface area contributed by atoms with Crippen LogP contribution in [0.25, 0.3) is 0 Å². The Balaban J connectivity index is 3.29. The lowest BCUT2D eigenvalue weighted by Gasteiger charge is -2.17. The molecule has 0 aromatic rings. The van der Waals surface area contributed by atoms with Crippen molar-refractivity contribution in [2.45, 2.75) is 45.6 Å². The van der Waals surface area contributed by atoms with Gasteiger partial charge in [-0.2, -0.15) is 0 Å². The maximum atomic E-state index is 5.79. The second-order valence-electron chi connectivity index (χ2n) is 3.80. The summed E-state index contributed by atoms with van der Waals surface area (Å²) in [6, 6.07) is 0. The summed E-state index contributed by atoms with van der Waals surface area (Å²) >= 11 is 0. The van der Waals surface area contributed by atoms with Crippen LogP contribution in [-0.2, 0) is 0 Å². The lowest BCUT2D eigenvalue weighted by Crippen LogP contribution is -2.31. The molecule has 0 aromatic heterocycles. The highest BCUT2D eigenvalue weighted by atomic mass is 14.7. The highest BCUT2D eigenvalue weighted by molar-refractivity contribution is 4.88. The first-order chi connectivity index (χ1) is 4.42. The summed E-state index contributed by atoms with van der Waals surface area (Å²) in [6.45, 7) is 10.0. The van der Waals surface area contributed by atoms with Crippen molar-refractivity contribution in [1.82, 2.24) is 0 Å². The van der Waals surface area contributed by atoms with E-state index in [1.807, 2.05) is 0 Å². The molecule has 0 aliphatic rings. The SMILES string of the molecule is C=C(C)CCCC(C)(C)N. The van der Waals surface area contributed by atoms with Crippen LogP contribution in [0.15, 0.2) is 12.2 Å². The average Bonchev–Trinajstić information content (AvgIpc) is 1.59. The molecule has 0 atom stereocenters. The van der Waals surface area contributed by atoms with Gasteiger partial charge in [0.05, 0.1) is 0 Å². The molecule has 0 unspecified atom stereocenters. The van der Waals surface area contributed by atoms with E-state index in [9.17, 15) is 0 Å². The van der Waals surface area contributed by atoms with Crippen LogP contribution < -0.4 is 5.73 Å². The number of hydrogen-bond donors (Lipinski definition) is 1. The largest absolute Gasteiger partial charge is 0.326 e. The van der Waals surface area contributed by atoms with E-state index in [0.29, 0.717) is 0 Å². The van der Waals surface area contributed by atoms with Gasteiger partial charge in [0.25, 0.3) is 0 Å². The van der Waals surface area contributed by atoms with Crippen LogP contribution in [0.4, 0.5) is 0 Å². The lowest BCUT2D eigenvalue weighted by molar-refractivity contribution is 0.459. The summed E-state index contributed by atoms with van der Waals surface area (Å²) < 4.78 is 0. The lowest BCUT2D eigenvalue weighted by atomic mass is 9.97. The number of rotatable bonds is 4. The third-order valence-electron chi connectivity index (χ3n) is 1.42. The molecule has 2 N–H and O–H groups in total. The van der Waals surface area contributed by atoms with Crippen molar-refractivity contribution in [3.05, 3.63) is 12.2 Å². The third kappa shape index (κ3) is 7.70. The fourth-order valence-corrected chi connectivity index (χ4v) is 0.846. The van der Waals surface area contributed by atoms with Crippen LogP contribution in [0.1, 0.15) is 40.0 Å². The first-order valence-corrected chi connectivity index (χ1v) is 3.85. The van der Waals surface area contributed by atoms with Crippen LogP contribution in [0, 0.1) is 0 Å². The molecule has 0 fully saturated rings. The van der Waals surface area contributed by atoms with Gasteiger partial charge in [0.2, 0.25) is 0 Å². The van der Waals surface area contributed by atoms with Crippen LogP contribution in [0.2, 0.25) is 0 Å². The maximum Gasteiger partial charge on any atom is 0.00971 e. The van der Waals surface area contributed by atoms with Gasteiger partial charge in [-0.15, -0.1) is 6.58 Å². The molecular weight excluding hydrogens is 122 g/mol. The molecule has 60 valence electrons. The molecule has 0 bridgehead atoms. The molecule has 0 radical (unpaired) electrons. The molecule has 0 aliphatic carbocycles. The smallest absolute Gasteiger partial charge is 0.00971 e. The summed E-state index contributed by atoms with van der Waals surface area (Å²) in [4.78, 5) is 0. The Morgan fingerprint density at radius 1 is 1.50 bits per heavy atom. The molecule has 0 heterocycles. The quantitative estimate of drug-likeness (QED) is 0.598. The van der Waals surface area contributed by atoms with Crippen molar-refractivity contribution in [2.75, 3.05) is 0 Å². The van der Waals surface area contributed by atoms with Crippen LogP contribution >= 0.6 is 0 Å². The van der Waals surface area contributed by atoms with Crippen molar-refractivity contribution >= 4 is 0 Å². The Morgan fingerprint density at radius 2 is 2.00 bits per heavy atom. The third-order valence-corrected chi connectivity index (χ3v) is 1.42. The summed E-state index contributed by atoms with van der Waals surface area (Å²) in [5.41, 5.74) is 7.04. The van der Waals surface area contributed by atoms with E-state index in [1.165, 1.54) is 12.0 Å². The molecule has 0 spiro atoms. The molecule has 0 saturated carbocycles. The fourth-order valence-electron chi connectivity index (χ4n) is 0.846. The van der Waals surface area contributed by atoms with Crippen molar-refractivity contribution in [2.24, 2.45) is 5.73 Å². The predicted molar refractivity (Wildman–Crippen MR) is 46.9 cm³/mol. The average molecular weight is 141 g/mol. The Morgan fingerprint density at radius 3 is 2.30 bits per heavy atom. The van der Waals surface area contributed by atoms with Gasteiger partial charge in [-0.3, -0.25) is 0 Å². The minimum Gasteiger partial charge on any atom is -0.326 e. The van der Waals surface area contributed by atoms with Crippen molar-refractivity contribution in [3.8, 4) is 0 Å². The van der Waals surface area contributed by atoms with Crippen LogP contribution in [-0.4, -0.2) is 5.54 Å². The van der Waals surface area contributed by atoms with E-state index in [0.717, 1.165) is 12.8 Å². The Labute approximate surface area is 64.3 Å². The maximum absolute atomic E-state index is 5.79. The standard InChI is InChI=1S/C9H19N/c1-8(2)6-5-7-9(3,4)10/h1,5-7,10H2,2-4H3. The summed E-state index contributed by atoms with van der Waals surface area (Å²) in [7, 11) is 0. The van der Waals surface area contributed by atoms with E-state index in [1.54, 1.807) is 0 Å². The molecule has 10 heavy (non-hydrogen) atoms. The number of nitrogens with two attached hydrogens (primary N) is 1. The summed E-state index contributed by atoms with van der Waals surface area (Å²) in [6.07, 6.45) is 3.36. The van der Waals surface area contributed by atoms with Gasteiger partial charge in [0.1, 0.15) is 0 Å². The first kappa shape index (κ1) is 9.70. The zero-order valence-corrected chi connectivity index (χ0v) is 7.41. The second kappa shape index (κ2) is 3.77. The van der Waals surface area contributed by atoms with Crippen LogP contribution in [0.5, 0.6) is 0 Å². The molecule has 0 rings (SSSR count). The second-order valence-corrected chi connectivity index (χ2v) is 3.80. The van der Waals surface area contributed by atoms with Crippen molar-refractivity contribution < 1.29 is 0 Å². The van der Waals surface area contributed by atoms with Gasteiger partial charge in [0, 0.05) is 5.54 Å². The molecule has 1 nitrogen and oxygen atoms in total. The zero-order chi connectivity index (χ0) is 8.20. The summed E-state index contributed by atoms with van der Waals surface area (Å²) in [5, 5.41) is 0. The number of allylic oxidation sites excluding steroid dienone is 1. The van der Waals surface area contributed by atoms with Gasteiger partial charge in [0.15, 0.2) is 0 Å². The topological polar surface area (TPSA) is 26.0 Å². The van der Waals surface area contributed by atoms with Gasteiger partial charge in [-0.05, 0) is 40.0 Å². The van der Waals surface area contributed by atoms with Crippen molar-refractivity contribution in [1.29, 1.82) is 0 Å². The monoisotopic (exact) mass is 141 g/mol. The molecular formula is C9H19N. The highest BCUT2D eigenvalue weighted by Crippen LogP contribution is 2.11. The Hall–Kier alpha value is -0.300.